The van der Waals surface area contributed by atoms with E-state index in [9.17, 15) is 9.59 Å². The summed E-state index contributed by atoms with van der Waals surface area (Å²) in [5.74, 6) is 0.349. The number of aromatic nitrogens is 2. The highest BCUT2D eigenvalue weighted by Gasteiger charge is 2.33. The molecule has 1 aliphatic rings. The number of hydrogen-bond acceptors (Lipinski definition) is 5. The van der Waals surface area contributed by atoms with E-state index in [1.807, 2.05) is 41.8 Å². The van der Waals surface area contributed by atoms with Gasteiger partial charge in [0.05, 0.1) is 5.69 Å². The Morgan fingerprint density at radius 1 is 1.21 bits per heavy atom. The van der Waals surface area contributed by atoms with Gasteiger partial charge in [-0.05, 0) is 34.6 Å². The third kappa shape index (κ3) is 4.02. The van der Waals surface area contributed by atoms with Crippen molar-refractivity contribution in [1.29, 1.82) is 0 Å². The van der Waals surface area contributed by atoms with Crippen LogP contribution in [-0.2, 0) is 23.2 Å². The molecule has 1 aliphatic heterocycles. The van der Waals surface area contributed by atoms with Crippen molar-refractivity contribution in [3.05, 3.63) is 69.0 Å². The molecule has 3 aromatic rings. The summed E-state index contributed by atoms with van der Waals surface area (Å²) in [4.78, 5) is 26.3. The van der Waals surface area contributed by atoms with Gasteiger partial charge in [0, 0.05) is 29.0 Å². The SMILES string of the molecule is CC(C)(C)c1ccc(C(=O)Nc2n[nH]c3c2CNC3C(=O)Cc2cccs2)cc1. The predicted octanol–water partition coefficient (Wildman–Crippen LogP) is 3.98. The first kappa shape index (κ1) is 19.5. The molecule has 7 heteroatoms. The molecule has 1 atom stereocenters. The van der Waals surface area contributed by atoms with E-state index in [4.69, 9.17) is 0 Å². The molecule has 6 nitrogen and oxygen atoms in total. The number of hydrogen-bond donors (Lipinski definition) is 3. The normalized spacial score (nSPS) is 15.9. The predicted molar refractivity (Wildman–Crippen MR) is 114 cm³/mol. The first-order chi connectivity index (χ1) is 13.8. The molecule has 0 saturated heterocycles. The van der Waals surface area contributed by atoms with Crippen LogP contribution in [0.15, 0.2) is 41.8 Å². The van der Waals surface area contributed by atoms with E-state index in [0.717, 1.165) is 16.1 Å². The van der Waals surface area contributed by atoms with E-state index < -0.39 is 6.04 Å². The fourth-order valence-corrected chi connectivity index (χ4v) is 4.18. The number of aromatic amines is 1. The number of carbonyl (C=O) groups is 2. The molecule has 4 rings (SSSR count). The van der Waals surface area contributed by atoms with E-state index in [1.165, 1.54) is 5.56 Å². The van der Waals surface area contributed by atoms with E-state index in [-0.39, 0.29) is 17.1 Å². The van der Waals surface area contributed by atoms with Crippen LogP contribution in [0.25, 0.3) is 0 Å². The zero-order valence-electron chi connectivity index (χ0n) is 16.7. The highest BCUT2D eigenvalue weighted by atomic mass is 32.1. The lowest BCUT2D eigenvalue weighted by Gasteiger charge is -2.19. The number of rotatable bonds is 5. The second-order valence-electron chi connectivity index (χ2n) is 8.28. The highest BCUT2D eigenvalue weighted by molar-refractivity contribution is 7.10. The summed E-state index contributed by atoms with van der Waals surface area (Å²) in [7, 11) is 0. The molecular formula is C22H24N4O2S. The summed E-state index contributed by atoms with van der Waals surface area (Å²) < 4.78 is 0. The maximum atomic E-state index is 12.7. The lowest BCUT2D eigenvalue weighted by Crippen LogP contribution is -2.24. The summed E-state index contributed by atoms with van der Waals surface area (Å²) >= 11 is 1.57. The number of Topliss-reactive ketones (excluding diaryl/α,β-unsaturated/α-hetero) is 1. The second-order valence-corrected chi connectivity index (χ2v) is 9.31. The molecule has 0 bridgehead atoms. The minimum atomic E-state index is -0.420. The number of fused-ring (bicyclic) bond motifs is 1. The first-order valence-corrected chi connectivity index (χ1v) is 10.5. The Labute approximate surface area is 173 Å². The van der Waals surface area contributed by atoms with Gasteiger partial charge in [0.2, 0.25) is 0 Å². The lowest BCUT2D eigenvalue weighted by molar-refractivity contribution is -0.120. The topological polar surface area (TPSA) is 86.9 Å². The maximum Gasteiger partial charge on any atom is 0.256 e. The van der Waals surface area contributed by atoms with Crippen LogP contribution in [0.5, 0.6) is 0 Å². The van der Waals surface area contributed by atoms with Crippen molar-refractivity contribution < 1.29 is 9.59 Å². The van der Waals surface area contributed by atoms with Crippen molar-refractivity contribution in [2.45, 2.75) is 45.2 Å². The van der Waals surface area contributed by atoms with Crippen LogP contribution in [-0.4, -0.2) is 21.9 Å². The van der Waals surface area contributed by atoms with Crippen molar-refractivity contribution in [2.24, 2.45) is 0 Å². The molecule has 1 amide bonds. The van der Waals surface area contributed by atoms with Gasteiger partial charge in [0.25, 0.3) is 5.91 Å². The number of benzene rings is 1. The van der Waals surface area contributed by atoms with Crippen molar-refractivity contribution in [3.8, 4) is 0 Å². The van der Waals surface area contributed by atoms with Gasteiger partial charge in [-0.1, -0.05) is 39.0 Å². The number of anilines is 1. The minimum absolute atomic E-state index is 0.0361. The van der Waals surface area contributed by atoms with Crippen molar-refractivity contribution in [1.82, 2.24) is 15.5 Å². The van der Waals surface area contributed by atoms with Crippen LogP contribution in [0, 0.1) is 0 Å². The number of amides is 1. The number of carbonyl (C=O) groups excluding carboxylic acids is 2. The van der Waals surface area contributed by atoms with Gasteiger partial charge in [0.1, 0.15) is 6.04 Å². The summed E-state index contributed by atoms with van der Waals surface area (Å²) in [6, 6.07) is 11.1. The number of H-pyrrole nitrogens is 1. The molecule has 0 fully saturated rings. The van der Waals surface area contributed by atoms with Crippen LogP contribution in [0.4, 0.5) is 5.82 Å². The van der Waals surface area contributed by atoms with Crippen LogP contribution in [0.3, 0.4) is 0 Å². The molecule has 0 spiro atoms. The maximum absolute atomic E-state index is 12.7. The van der Waals surface area contributed by atoms with E-state index in [0.29, 0.717) is 24.3 Å². The Kier molecular flexibility index (Phi) is 5.10. The van der Waals surface area contributed by atoms with Crippen molar-refractivity contribution in [3.63, 3.8) is 0 Å². The molecule has 29 heavy (non-hydrogen) atoms. The van der Waals surface area contributed by atoms with E-state index in [2.05, 4.69) is 41.6 Å². The summed E-state index contributed by atoms with van der Waals surface area (Å²) in [6.45, 7) is 6.90. The van der Waals surface area contributed by atoms with Crippen molar-refractivity contribution in [2.75, 3.05) is 5.32 Å². The van der Waals surface area contributed by atoms with Crippen LogP contribution in [0.1, 0.15) is 58.9 Å². The molecule has 150 valence electrons. The third-order valence-electron chi connectivity index (χ3n) is 5.17. The van der Waals surface area contributed by atoms with E-state index >= 15 is 0 Å². The number of thiophene rings is 1. The Balaban J connectivity index is 1.46. The molecule has 1 unspecified atom stereocenters. The number of nitrogens with one attached hydrogen (secondary N) is 3. The van der Waals surface area contributed by atoms with Gasteiger partial charge in [0.15, 0.2) is 11.6 Å². The third-order valence-corrected chi connectivity index (χ3v) is 6.04. The zero-order chi connectivity index (χ0) is 20.6. The van der Waals surface area contributed by atoms with Gasteiger partial charge in [-0.3, -0.25) is 20.0 Å². The monoisotopic (exact) mass is 408 g/mol. The van der Waals surface area contributed by atoms with Crippen LogP contribution >= 0.6 is 11.3 Å². The molecule has 0 saturated carbocycles. The van der Waals surface area contributed by atoms with E-state index in [1.54, 1.807) is 11.3 Å². The summed E-state index contributed by atoms with van der Waals surface area (Å²) in [5.41, 5.74) is 3.37. The fourth-order valence-electron chi connectivity index (χ4n) is 3.47. The quantitative estimate of drug-likeness (QED) is 0.596. The Bertz CT molecular complexity index is 1030. The van der Waals surface area contributed by atoms with Crippen LogP contribution in [0.2, 0.25) is 0 Å². The molecule has 0 radical (unpaired) electrons. The van der Waals surface area contributed by atoms with Crippen LogP contribution < -0.4 is 10.6 Å². The van der Waals surface area contributed by atoms with Gasteiger partial charge in [-0.15, -0.1) is 11.3 Å². The first-order valence-electron chi connectivity index (χ1n) is 9.60. The fraction of sp³-hybridized carbons (Fsp3) is 0.318. The van der Waals surface area contributed by atoms with Gasteiger partial charge in [-0.2, -0.15) is 5.10 Å². The van der Waals surface area contributed by atoms with Gasteiger partial charge < -0.3 is 5.32 Å². The Hall–Kier alpha value is -2.77. The largest absolute Gasteiger partial charge is 0.305 e. The average Bonchev–Trinajstić information content (AvgIpc) is 3.40. The summed E-state index contributed by atoms with van der Waals surface area (Å²) in [5, 5.41) is 15.2. The Morgan fingerprint density at radius 3 is 2.62 bits per heavy atom. The number of ketones is 1. The van der Waals surface area contributed by atoms with Gasteiger partial charge in [-0.25, -0.2) is 0 Å². The van der Waals surface area contributed by atoms with Crippen molar-refractivity contribution >= 4 is 28.8 Å². The molecule has 1 aromatic carbocycles. The minimum Gasteiger partial charge on any atom is -0.305 e. The molecule has 0 aliphatic carbocycles. The smallest absolute Gasteiger partial charge is 0.256 e. The number of nitrogens with zero attached hydrogens (tertiary/aromatic N) is 1. The molecule has 3 heterocycles. The molecular weight excluding hydrogens is 384 g/mol. The molecule has 2 aromatic heterocycles. The summed E-state index contributed by atoms with van der Waals surface area (Å²) in [6.07, 6.45) is 0.385. The average molecular weight is 409 g/mol. The zero-order valence-corrected chi connectivity index (χ0v) is 17.5. The second kappa shape index (κ2) is 7.57. The molecule has 3 N–H and O–H groups in total. The lowest BCUT2D eigenvalue weighted by atomic mass is 9.87. The standard InChI is InChI=1S/C22H24N4O2S/c1-22(2,3)14-8-6-13(7-9-14)21(28)24-20-16-12-23-19(18(16)25-26-20)17(27)11-15-5-4-10-29-15/h4-10,19,23H,11-12H2,1-3H3,(H2,24,25,26,28). The Morgan fingerprint density at radius 2 is 1.97 bits per heavy atom. The van der Waals surface area contributed by atoms with Gasteiger partial charge >= 0.3 is 0 Å². The highest BCUT2D eigenvalue weighted by Crippen LogP contribution is 2.31.